The monoisotopic (exact) mass is 344 g/mol. The Bertz CT molecular complexity index is 787. The van der Waals surface area contributed by atoms with Crippen molar-refractivity contribution in [2.75, 3.05) is 26.8 Å². The molecule has 7 nitrogen and oxygen atoms in total. The average Bonchev–Trinajstić information content (AvgIpc) is 3.25. The number of hydrogen-bond acceptors (Lipinski definition) is 5. The van der Waals surface area contributed by atoms with E-state index in [1.807, 2.05) is 0 Å². The van der Waals surface area contributed by atoms with E-state index in [-0.39, 0.29) is 19.1 Å². The van der Waals surface area contributed by atoms with E-state index in [0.29, 0.717) is 35.7 Å². The minimum absolute atomic E-state index is 0.0841. The molecule has 132 valence electrons. The number of aromatic nitrogens is 1. The number of likely N-dealkylation sites (tertiary alicyclic amines) is 1. The molecule has 1 atom stereocenters. The van der Waals surface area contributed by atoms with Crippen LogP contribution in [0.5, 0.6) is 0 Å². The predicted octanol–water partition coefficient (Wildman–Crippen LogP) is 2.21. The van der Waals surface area contributed by atoms with Gasteiger partial charge in [-0.1, -0.05) is 0 Å². The minimum Gasteiger partial charge on any atom is -0.481 e. The summed E-state index contributed by atoms with van der Waals surface area (Å²) in [6.45, 7) is 2.36. The lowest BCUT2D eigenvalue weighted by Gasteiger charge is -2.24. The summed E-state index contributed by atoms with van der Waals surface area (Å²) in [6, 6.07) is 7.01. The van der Waals surface area contributed by atoms with Crippen LogP contribution in [-0.4, -0.2) is 53.7 Å². The minimum atomic E-state index is -1.04. The normalized spacial score (nSPS) is 20.0. The number of ether oxygens (including phenoxy) is 1. The van der Waals surface area contributed by atoms with E-state index in [1.165, 1.54) is 7.11 Å². The van der Waals surface area contributed by atoms with Crippen LogP contribution in [0.4, 0.5) is 0 Å². The van der Waals surface area contributed by atoms with Crippen molar-refractivity contribution in [1.82, 2.24) is 9.88 Å². The molecule has 0 spiro atoms. The van der Waals surface area contributed by atoms with E-state index >= 15 is 0 Å². The quantitative estimate of drug-likeness (QED) is 0.894. The molecule has 3 rings (SSSR count). The molecular weight excluding hydrogens is 324 g/mol. The molecule has 25 heavy (non-hydrogen) atoms. The van der Waals surface area contributed by atoms with Crippen molar-refractivity contribution in [2.45, 2.75) is 13.3 Å². The highest BCUT2D eigenvalue weighted by Gasteiger charge is 2.46. The van der Waals surface area contributed by atoms with Crippen molar-refractivity contribution in [1.29, 1.82) is 0 Å². The van der Waals surface area contributed by atoms with E-state index in [2.05, 4.69) is 4.98 Å². The maximum atomic E-state index is 12.8. The van der Waals surface area contributed by atoms with Crippen molar-refractivity contribution in [3.63, 3.8) is 0 Å². The SMILES string of the molecule is COCC1(C(=O)O)CCN(C(=O)c2ccc(-c3ccco3)nc2C)C1. The molecule has 1 aliphatic rings. The number of rotatable bonds is 5. The van der Waals surface area contributed by atoms with Crippen LogP contribution >= 0.6 is 0 Å². The Hall–Kier alpha value is -2.67. The van der Waals surface area contributed by atoms with Crippen LogP contribution in [0.3, 0.4) is 0 Å². The number of nitrogens with zero attached hydrogens (tertiary/aromatic N) is 2. The molecule has 2 aromatic heterocycles. The smallest absolute Gasteiger partial charge is 0.313 e. The number of amides is 1. The van der Waals surface area contributed by atoms with Crippen LogP contribution in [0.15, 0.2) is 34.9 Å². The number of carboxylic acids is 1. The summed E-state index contributed by atoms with van der Waals surface area (Å²) in [6.07, 6.45) is 1.94. The van der Waals surface area contributed by atoms with E-state index in [9.17, 15) is 14.7 Å². The summed E-state index contributed by atoms with van der Waals surface area (Å²) in [5.74, 6) is -0.517. The van der Waals surface area contributed by atoms with Crippen molar-refractivity contribution < 1.29 is 23.8 Å². The predicted molar refractivity (Wildman–Crippen MR) is 89.1 cm³/mol. The van der Waals surface area contributed by atoms with Gasteiger partial charge in [0.05, 0.1) is 24.1 Å². The van der Waals surface area contributed by atoms with Crippen molar-refractivity contribution in [2.24, 2.45) is 5.41 Å². The van der Waals surface area contributed by atoms with Gasteiger partial charge in [-0.25, -0.2) is 4.98 Å². The molecule has 0 aliphatic carbocycles. The summed E-state index contributed by atoms with van der Waals surface area (Å²) < 4.78 is 10.4. The zero-order valence-electron chi connectivity index (χ0n) is 14.2. The van der Waals surface area contributed by atoms with Crippen LogP contribution in [-0.2, 0) is 9.53 Å². The van der Waals surface area contributed by atoms with Gasteiger partial charge in [-0.3, -0.25) is 9.59 Å². The Balaban J connectivity index is 1.81. The van der Waals surface area contributed by atoms with Crippen LogP contribution in [0.25, 0.3) is 11.5 Å². The van der Waals surface area contributed by atoms with Gasteiger partial charge in [0, 0.05) is 20.2 Å². The molecule has 1 saturated heterocycles. The first-order valence-electron chi connectivity index (χ1n) is 8.00. The fraction of sp³-hybridized carbons (Fsp3) is 0.389. The summed E-state index contributed by atoms with van der Waals surface area (Å²) >= 11 is 0. The van der Waals surface area contributed by atoms with E-state index in [4.69, 9.17) is 9.15 Å². The first kappa shape index (κ1) is 17.2. The molecule has 1 amide bonds. The van der Waals surface area contributed by atoms with Gasteiger partial charge in [-0.15, -0.1) is 0 Å². The highest BCUT2D eigenvalue weighted by Crippen LogP contribution is 2.32. The highest BCUT2D eigenvalue weighted by atomic mass is 16.5. The summed E-state index contributed by atoms with van der Waals surface area (Å²) in [4.78, 5) is 30.4. The lowest BCUT2D eigenvalue weighted by Crippen LogP contribution is -2.40. The van der Waals surface area contributed by atoms with E-state index < -0.39 is 11.4 Å². The fourth-order valence-corrected chi connectivity index (χ4v) is 3.20. The number of carbonyl (C=O) groups is 2. The largest absolute Gasteiger partial charge is 0.481 e. The maximum Gasteiger partial charge on any atom is 0.313 e. The second-order valence-corrected chi connectivity index (χ2v) is 6.30. The standard InChI is InChI=1S/C18H20N2O5/c1-12-13(5-6-14(19-12)15-4-3-9-25-15)16(21)20-8-7-18(10-20,11-24-2)17(22)23/h3-6,9H,7-8,10-11H2,1-2H3,(H,22,23). The van der Waals surface area contributed by atoms with Crippen LogP contribution in [0.2, 0.25) is 0 Å². The number of carboxylic acid groups (broad SMARTS) is 1. The van der Waals surface area contributed by atoms with Gasteiger partial charge < -0.3 is 19.2 Å². The highest BCUT2D eigenvalue weighted by molar-refractivity contribution is 5.96. The van der Waals surface area contributed by atoms with E-state index in [1.54, 1.807) is 42.4 Å². The Morgan fingerprint density at radius 1 is 1.40 bits per heavy atom. The van der Waals surface area contributed by atoms with Crippen molar-refractivity contribution >= 4 is 11.9 Å². The molecule has 7 heteroatoms. The van der Waals surface area contributed by atoms with Gasteiger partial charge in [0.15, 0.2) is 5.76 Å². The molecule has 2 aromatic rings. The maximum absolute atomic E-state index is 12.8. The number of pyridine rings is 1. The zero-order valence-corrected chi connectivity index (χ0v) is 14.2. The molecule has 1 unspecified atom stereocenters. The lowest BCUT2D eigenvalue weighted by atomic mass is 9.88. The Kier molecular flexibility index (Phi) is 4.59. The van der Waals surface area contributed by atoms with E-state index in [0.717, 1.165) is 0 Å². The molecule has 3 heterocycles. The van der Waals surface area contributed by atoms with Crippen molar-refractivity contribution in [3.05, 3.63) is 41.8 Å². The van der Waals surface area contributed by atoms with Crippen LogP contribution in [0.1, 0.15) is 22.5 Å². The molecule has 1 N–H and O–H groups in total. The molecule has 0 radical (unpaired) electrons. The first-order chi connectivity index (χ1) is 12.0. The third kappa shape index (κ3) is 3.15. The van der Waals surface area contributed by atoms with Gasteiger partial charge >= 0.3 is 5.97 Å². The topological polar surface area (TPSA) is 92.9 Å². The van der Waals surface area contributed by atoms with Gasteiger partial charge in [0.25, 0.3) is 5.91 Å². The molecule has 0 bridgehead atoms. The Labute approximate surface area is 145 Å². The second-order valence-electron chi connectivity index (χ2n) is 6.30. The summed E-state index contributed by atoms with van der Waals surface area (Å²) in [5.41, 5.74) is 0.659. The summed E-state index contributed by atoms with van der Waals surface area (Å²) in [5, 5.41) is 9.52. The number of hydrogen-bond donors (Lipinski definition) is 1. The number of aryl methyl sites for hydroxylation is 1. The Morgan fingerprint density at radius 2 is 2.20 bits per heavy atom. The van der Waals surface area contributed by atoms with Gasteiger partial charge in [0.1, 0.15) is 11.1 Å². The van der Waals surface area contributed by atoms with Gasteiger partial charge in [-0.05, 0) is 37.6 Å². The third-order valence-corrected chi connectivity index (χ3v) is 4.61. The van der Waals surface area contributed by atoms with Crippen molar-refractivity contribution in [3.8, 4) is 11.5 Å². The second kappa shape index (κ2) is 6.68. The van der Waals surface area contributed by atoms with Crippen LogP contribution in [0, 0.1) is 12.3 Å². The average molecular weight is 344 g/mol. The first-order valence-corrected chi connectivity index (χ1v) is 8.00. The molecule has 0 aromatic carbocycles. The number of carbonyl (C=O) groups excluding carboxylic acids is 1. The number of furan rings is 1. The zero-order chi connectivity index (χ0) is 18.0. The lowest BCUT2D eigenvalue weighted by molar-refractivity contribution is -0.151. The molecule has 0 saturated carbocycles. The Morgan fingerprint density at radius 3 is 2.80 bits per heavy atom. The summed E-state index contributed by atoms with van der Waals surface area (Å²) in [7, 11) is 1.47. The molecule has 1 aliphatic heterocycles. The van der Waals surface area contributed by atoms with Gasteiger partial charge in [0.2, 0.25) is 0 Å². The third-order valence-electron chi connectivity index (χ3n) is 4.61. The molecule has 1 fully saturated rings. The number of aliphatic carboxylic acids is 1. The van der Waals surface area contributed by atoms with Crippen LogP contribution < -0.4 is 0 Å². The molecular formula is C18H20N2O5. The number of methoxy groups -OCH3 is 1. The van der Waals surface area contributed by atoms with Gasteiger partial charge in [-0.2, -0.15) is 0 Å². The fourth-order valence-electron chi connectivity index (χ4n) is 3.20.